The van der Waals surface area contributed by atoms with Crippen LogP contribution in [0.15, 0.2) is 18.3 Å². The fourth-order valence-corrected chi connectivity index (χ4v) is 4.74. The zero-order chi connectivity index (χ0) is 20.9. The number of anilines is 1. The zero-order valence-corrected chi connectivity index (χ0v) is 18.8. The van der Waals surface area contributed by atoms with E-state index in [9.17, 15) is 4.79 Å². The predicted octanol–water partition coefficient (Wildman–Crippen LogP) is 6.09. The van der Waals surface area contributed by atoms with E-state index in [1.807, 2.05) is 37.9 Å². The largest absolute Gasteiger partial charge is 0.443 e. The van der Waals surface area contributed by atoms with Crippen molar-refractivity contribution in [1.29, 1.82) is 0 Å². The van der Waals surface area contributed by atoms with Crippen LogP contribution in [0, 0.1) is 0 Å². The molecule has 1 aromatic rings. The summed E-state index contributed by atoms with van der Waals surface area (Å²) < 4.78 is 5.74. The first-order chi connectivity index (χ1) is 13.9. The number of hydrogen-bond acceptors (Lipinski definition) is 4. The van der Waals surface area contributed by atoms with Gasteiger partial charge in [0.1, 0.15) is 11.4 Å². The van der Waals surface area contributed by atoms with E-state index in [0.717, 1.165) is 38.0 Å². The number of amides is 1. The Labute approximate surface area is 176 Å². The van der Waals surface area contributed by atoms with E-state index < -0.39 is 5.60 Å². The lowest BCUT2D eigenvalue weighted by Crippen LogP contribution is -2.45. The van der Waals surface area contributed by atoms with E-state index >= 15 is 0 Å². The molecule has 1 amide bonds. The van der Waals surface area contributed by atoms with Crippen LogP contribution in [0.2, 0.25) is 0 Å². The molecule has 5 nitrogen and oxygen atoms in total. The molecule has 1 aliphatic heterocycles. The van der Waals surface area contributed by atoms with E-state index in [4.69, 9.17) is 9.72 Å². The molecule has 1 unspecified atom stereocenters. The van der Waals surface area contributed by atoms with Crippen molar-refractivity contribution in [3.05, 3.63) is 23.9 Å². The molecule has 3 rings (SSSR count). The highest BCUT2D eigenvalue weighted by molar-refractivity contribution is 5.87. The summed E-state index contributed by atoms with van der Waals surface area (Å²) in [6.07, 6.45) is 12.3. The molecule has 29 heavy (non-hydrogen) atoms. The third-order valence-electron chi connectivity index (χ3n) is 6.06. The minimum Gasteiger partial charge on any atom is -0.443 e. The molecule has 1 atom stereocenters. The van der Waals surface area contributed by atoms with Gasteiger partial charge in [0, 0.05) is 18.3 Å². The van der Waals surface area contributed by atoms with Crippen LogP contribution >= 0.6 is 0 Å². The van der Waals surface area contributed by atoms with Crippen molar-refractivity contribution in [2.45, 2.75) is 103 Å². The van der Waals surface area contributed by atoms with Gasteiger partial charge in [-0.25, -0.2) is 9.78 Å². The van der Waals surface area contributed by atoms with E-state index in [1.54, 1.807) is 0 Å². The maximum Gasteiger partial charge on any atom is 0.416 e. The van der Waals surface area contributed by atoms with Crippen molar-refractivity contribution < 1.29 is 9.53 Å². The van der Waals surface area contributed by atoms with E-state index in [0.29, 0.717) is 6.04 Å². The number of aromatic nitrogens is 1. The highest BCUT2D eigenvalue weighted by Crippen LogP contribution is 2.33. The number of pyridine rings is 1. The van der Waals surface area contributed by atoms with Gasteiger partial charge in [0.05, 0.1) is 0 Å². The first kappa shape index (κ1) is 22.1. The van der Waals surface area contributed by atoms with Crippen molar-refractivity contribution in [2.24, 2.45) is 0 Å². The Morgan fingerprint density at radius 1 is 1.14 bits per heavy atom. The molecular weight excluding hydrogens is 362 g/mol. The van der Waals surface area contributed by atoms with Gasteiger partial charge in [0.25, 0.3) is 0 Å². The van der Waals surface area contributed by atoms with Crippen LogP contribution in [0.25, 0.3) is 0 Å². The Morgan fingerprint density at radius 3 is 2.48 bits per heavy atom. The second-order valence-corrected chi connectivity index (χ2v) is 9.64. The molecule has 0 N–H and O–H groups in total. The summed E-state index contributed by atoms with van der Waals surface area (Å²) in [5.41, 5.74) is 0.766. The Bertz CT molecular complexity index is 645. The summed E-state index contributed by atoms with van der Waals surface area (Å²) in [4.78, 5) is 22.2. The average molecular weight is 402 g/mol. The minimum atomic E-state index is -0.507. The monoisotopic (exact) mass is 401 g/mol. The number of rotatable bonds is 5. The fourth-order valence-electron chi connectivity index (χ4n) is 4.74. The Balaban J connectivity index is 1.81. The fraction of sp³-hybridized carbons (Fsp3) is 0.750. The van der Waals surface area contributed by atoms with E-state index in [-0.39, 0.29) is 12.1 Å². The molecule has 1 saturated heterocycles. The lowest BCUT2D eigenvalue weighted by atomic mass is 9.94. The zero-order valence-electron chi connectivity index (χ0n) is 18.8. The average Bonchev–Trinajstić information content (AvgIpc) is 2.69. The standard InChI is InChI=1S/C24H39N3O2/c1-5-16-26-17-10-9-13-21(26)19-14-15-22(25-18-19)27(20-11-7-6-8-12-20)23(28)29-24(2,3)4/h14-15,18,20-21H,5-13,16-17H2,1-4H3. The molecular formula is C24H39N3O2. The summed E-state index contributed by atoms with van der Waals surface area (Å²) >= 11 is 0. The molecule has 0 aromatic carbocycles. The Morgan fingerprint density at radius 2 is 1.86 bits per heavy atom. The highest BCUT2D eigenvalue weighted by Gasteiger charge is 2.32. The van der Waals surface area contributed by atoms with Crippen molar-refractivity contribution >= 4 is 11.9 Å². The first-order valence-electron chi connectivity index (χ1n) is 11.6. The maximum absolute atomic E-state index is 13.0. The van der Waals surface area contributed by atoms with Gasteiger partial charge in [0.15, 0.2) is 0 Å². The van der Waals surface area contributed by atoms with Crippen LogP contribution < -0.4 is 4.90 Å². The smallest absolute Gasteiger partial charge is 0.416 e. The summed E-state index contributed by atoms with van der Waals surface area (Å²) in [5.74, 6) is 0.729. The molecule has 0 spiro atoms. The van der Waals surface area contributed by atoms with Crippen LogP contribution in [-0.2, 0) is 4.74 Å². The number of ether oxygens (including phenoxy) is 1. The lowest BCUT2D eigenvalue weighted by Gasteiger charge is -2.36. The number of carbonyl (C=O) groups excluding carboxylic acids is 1. The van der Waals surface area contributed by atoms with Gasteiger partial charge in [-0.3, -0.25) is 9.80 Å². The quantitative estimate of drug-likeness (QED) is 0.598. The number of piperidine rings is 1. The molecule has 162 valence electrons. The van der Waals surface area contributed by atoms with Crippen LogP contribution in [0.5, 0.6) is 0 Å². The highest BCUT2D eigenvalue weighted by atomic mass is 16.6. The molecule has 1 aromatic heterocycles. The third-order valence-corrected chi connectivity index (χ3v) is 6.06. The van der Waals surface area contributed by atoms with Crippen molar-refractivity contribution in [3.63, 3.8) is 0 Å². The topological polar surface area (TPSA) is 45.7 Å². The Kier molecular flexibility index (Phi) is 7.55. The summed E-state index contributed by atoms with van der Waals surface area (Å²) in [7, 11) is 0. The predicted molar refractivity (Wildman–Crippen MR) is 118 cm³/mol. The van der Waals surface area contributed by atoms with Crippen LogP contribution in [0.1, 0.15) is 97.1 Å². The van der Waals surface area contributed by atoms with Gasteiger partial charge in [-0.1, -0.05) is 38.7 Å². The van der Waals surface area contributed by atoms with Gasteiger partial charge in [-0.2, -0.15) is 0 Å². The van der Waals surface area contributed by atoms with Gasteiger partial charge in [-0.15, -0.1) is 0 Å². The van der Waals surface area contributed by atoms with Gasteiger partial charge in [-0.05, 0) is 77.6 Å². The van der Waals surface area contributed by atoms with Crippen molar-refractivity contribution in [3.8, 4) is 0 Å². The molecule has 2 fully saturated rings. The van der Waals surface area contributed by atoms with Crippen LogP contribution in [0.3, 0.4) is 0 Å². The van der Waals surface area contributed by atoms with E-state index in [2.05, 4.69) is 17.9 Å². The second-order valence-electron chi connectivity index (χ2n) is 9.64. The molecule has 0 bridgehead atoms. The SMILES string of the molecule is CCCN1CCCCC1c1ccc(N(C(=O)OC(C)(C)C)C2CCCCC2)nc1. The molecule has 0 radical (unpaired) electrons. The van der Waals surface area contributed by atoms with Crippen LogP contribution in [0.4, 0.5) is 10.6 Å². The summed E-state index contributed by atoms with van der Waals surface area (Å²) in [5, 5.41) is 0. The number of likely N-dealkylation sites (tertiary alicyclic amines) is 1. The second kappa shape index (κ2) is 9.92. The molecule has 1 saturated carbocycles. The number of nitrogens with zero attached hydrogens (tertiary/aromatic N) is 3. The molecule has 2 aliphatic rings. The lowest BCUT2D eigenvalue weighted by molar-refractivity contribution is 0.0556. The number of carbonyl (C=O) groups is 1. The maximum atomic E-state index is 13.0. The normalized spacial score (nSPS) is 21.7. The molecule has 1 aliphatic carbocycles. The van der Waals surface area contributed by atoms with E-state index in [1.165, 1.54) is 44.2 Å². The van der Waals surface area contributed by atoms with Crippen molar-refractivity contribution in [1.82, 2.24) is 9.88 Å². The Hall–Kier alpha value is -1.62. The van der Waals surface area contributed by atoms with Gasteiger partial charge in [0.2, 0.25) is 0 Å². The van der Waals surface area contributed by atoms with Gasteiger partial charge >= 0.3 is 6.09 Å². The minimum absolute atomic E-state index is 0.184. The molecule has 5 heteroatoms. The third kappa shape index (κ3) is 5.94. The first-order valence-corrected chi connectivity index (χ1v) is 11.6. The number of hydrogen-bond donors (Lipinski definition) is 0. The van der Waals surface area contributed by atoms with Gasteiger partial charge < -0.3 is 4.74 Å². The summed E-state index contributed by atoms with van der Waals surface area (Å²) in [6, 6.07) is 4.85. The summed E-state index contributed by atoms with van der Waals surface area (Å²) in [6.45, 7) is 10.3. The van der Waals surface area contributed by atoms with Crippen LogP contribution in [-0.4, -0.2) is 40.7 Å². The van der Waals surface area contributed by atoms with Crippen molar-refractivity contribution in [2.75, 3.05) is 18.0 Å². The molecule has 2 heterocycles.